The number of methoxy groups -OCH3 is 1. The highest BCUT2D eigenvalue weighted by atomic mass is 16.5. The second kappa shape index (κ2) is 11.2. The fraction of sp³-hybridized carbons (Fsp3) is 0.417. The molecule has 1 aliphatic heterocycles. The number of hydrogen-bond acceptors (Lipinski definition) is 4. The Morgan fingerprint density at radius 1 is 1.10 bits per heavy atom. The van der Waals surface area contributed by atoms with Crippen molar-refractivity contribution in [3.8, 4) is 5.75 Å². The molecule has 2 aromatic carbocycles. The third kappa shape index (κ3) is 6.38. The number of aliphatic imine (C=N–C) groups is 1. The molecule has 0 bridgehead atoms. The molecule has 0 spiro atoms. The predicted octanol–water partition coefficient (Wildman–Crippen LogP) is 3.33. The molecule has 0 radical (unpaired) electrons. The van der Waals surface area contributed by atoms with Crippen LogP contribution in [-0.2, 0) is 11.3 Å². The summed E-state index contributed by atoms with van der Waals surface area (Å²) in [6.45, 7) is 6.33. The highest BCUT2D eigenvalue weighted by Gasteiger charge is 2.19. The second-order valence-electron chi connectivity index (χ2n) is 7.57. The molecule has 31 heavy (non-hydrogen) atoms. The number of ether oxygens (including phenoxy) is 1. The Balaban J connectivity index is 1.51. The van der Waals surface area contributed by atoms with E-state index in [1.807, 2.05) is 44.3 Å². The van der Waals surface area contributed by atoms with Gasteiger partial charge in [-0.05, 0) is 48.4 Å². The van der Waals surface area contributed by atoms with Gasteiger partial charge in [-0.1, -0.05) is 19.1 Å². The van der Waals surface area contributed by atoms with E-state index < -0.39 is 0 Å². The number of carbonyl (C=O) groups excluding carboxylic acids is 1. The van der Waals surface area contributed by atoms with Gasteiger partial charge in [-0.3, -0.25) is 9.79 Å². The smallest absolute Gasteiger partial charge is 0.224 e. The monoisotopic (exact) mass is 423 g/mol. The summed E-state index contributed by atoms with van der Waals surface area (Å²) in [4.78, 5) is 21.0. The summed E-state index contributed by atoms with van der Waals surface area (Å²) in [6, 6.07) is 16.2. The van der Waals surface area contributed by atoms with Crippen LogP contribution in [0.4, 0.5) is 11.4 Å². The first-order valence-corrected chi connectivity index (χ1v) is 10.9. The largest absolute Gasteiger partial charge is 0.497 e. The maximum atomic E-state index is 11.8. The van der Waals surface area contributed by atoms with Crippen molar-refractivity contribution in [1.82, 2.24) is 10.2 Å². The molecule has 1 aliphatic rings. The summed E-state index contributed by atoms with van der Waals surface area (Å²) >= 11 is 0. The van der Waals surface area contributed by atoms with Crippen LogP contribution in [-0.4, -0.2) is 57.1 Å². The molecule has 1 amide bonds. The van der Waals surface area contributed by atoms with Gasteiger partial charge in [0.05, 0.1) is 7.11 Å². The van der Waals surface area contributed by atoms with E-state index in [0.29, 0.717) is 13.0 Å². The molecular formula is C24H33N5O2. The third-order valence-electron chi connectivity index (χ3n) is 5.37. The number of amides is 1. The SMILES string of the molecule is CCCC(=O)Nc1cccc(CNC(=NC)N2CCN(c3ccc(OC)cc3)CC2)c1. The van der Waals surface area contributed by atoms with E-state index in [0.717, 1.165) is 55.6 Å². The molecule has 166 valence electrons. The highest BCUT2D eigenvalue weighted by molar-refractivity contribution is 5.90. The van der Waals surface area contributed by atoms with Crippen molar-refractivity contribution in [2.45, 2.75) is 26.3 Å². The lowest BCUT2D eigenvalue weighted by atomic mass is 10.2. The molecule has 1 fully saturated rings. The van der Waals surface area contributed by atoms with Crippen LogP contribution in [0.25, 0.3) is 0 Å². The van der Waals surface area contributed by atoms with Gasteiger partial charge >= 0.3 is 0 Å². The van der Waals surface area contributed by atoms with E-state index in [2.05, 4.69) is 43.6 Å². The highest BCUT2D eigenvalue weighted by Crippen LogP contribution is 2.20. The lowest BCUT2D eigenvalue weighted by Crippen LogP contribution is -2.52. The van der Waals surface area contributed by atoms with Gasteiger partial charge < -0.3 is 25.2 Å². The van der Waals surface area contributed by atoms with Crippen LogP contribution in [0.3, 0.4) is 0 Å². The fourth-order valence-corrected chi connectivity index (χ4v) is 3.69. The third-order valence-corrected chi connectivity index (χ3v) is 5.37. The van der Waals surface area contributed by atoms with E-state index >= 15 is 0 Å². The van der Waals surface area contributed by atoms with Crippen molar-refractivity contribution in [2.24, 2.45) is 4.99 Å². The standard InChI is InChI=1S/C24H33N5O2/c1-4-6-23(30)27-20-8-5-7-19(17-20)18-26-24(25-2)29-15-13-28(14-16-29)21-9-11-22(31-3)12-10-21/h5,7-12,17H,4,6,13-16,18H2,1-3H3,(H,25,26)(H,27,30). The first-order chi connectivity index (χ1) is 15.1. The zero-order valence-corrected chi connectivity index (χ0v) is 18.7. The van der Waals surface area contributed by atoms with Crippen molar-refractivity contribution >= 4 is 23.2 Å². The molecule has 0 aromatic heterocycles. The summed E-state index contributed by atoms with van der Waals surface area (Å²) in [5.74, 6) is 1.83. The van der Waals surface area contributed by atoms with Crippen LogP contribution in [0.2, 0.25) is 0 Å². The first kappa shape index (κ1) is 22.5. The van der Waals surface area contributed by atoms with Gasteiger partial charge in [0.15, 0.2) is 5.96 Å². The molecule has 2 N–H and O–H groups in total. The van der Waals surface area contributed by atoms with E-state index in [1.54, 1.807) is 7.11 Å². The summed E-state index contributed by atoms with van der Waals surface area (Å²) in [5.41, 5.74) is 3.15. The number of rotatable bonds is 7. The molecule has 1 saturated heterocycles. The Morgan fingerprint density at radius 2 is 1.84 bits per heavy atom. The number of guanidine groups is 1. The van der Waals surface area contributed by atoms with Crippen molar-refractivity contribution in [3.63, 3.8) is 0 Å². The molecule has 3 rings (SSSR count). The minimum Gasteiger partial charge on any atom is -0.497 e. The Morgan fingerprint density at radius 3 is 2.48 bits per heavy atom. The average molecular weight is 424 g/mol. The topological polar surface area (TPSA) is 69.2 Å². The fourth-order valence-electron chi connectivity index (χ4n) is 3.69. The van der Waals surface area contributed by atoms with Crippen molar-refractivity contribution in [3.05, 3.63) is 54.1 Å². The molecule has 0 saturated carbocycles. The Labute approximate surface area is 185 Å². The Kier molecular flexibility index (Phi) is 8.15. The number of carbonyl (C=O) groups is 1. The van der Waals surface area contributed by atoms with Crippen molar-refractivity contribution < 1.29 is 9.53 Å². The Bertz CT molecular complexity index is 874. The summed E-state index contributed by atoms with van der Waals surface area (Å²) in [7, 11) is 3.50. The molecular weight excluding hydrogens is 390 g/mol. The van der Waals surface area contributed by atoms with Crippen LogP contribution in [0.15, 0.2) is 53.5 Å². The van der Waals surface area contributed by atoms with Gasteiger partial charge in [0, 0.05) is 57.6 Å². The number of hydrogen-bond donors (Lipinski definition) is 2. The molecule has 1 heterocycles. The summed E-state index contributed by atoms with van der Waals surface area (Å²) in [5, 5.41) is 6.41. The molecule has 0 aliphatic carbocycles. The van der Waals surface area contributed by atoms with Crippen LogP contribution in [0, 0.1) is 0 Å². The van der Waals surface area contributed by atoms with Crippen LogP contribution < -0.4 is 20.3 Å². The first-order valence-electron chi connectivity index (χ1n) is 10.9. The molecule has 0 unspecified atom stereocenters. The maximum absolute atomic E-state index is 11.8. The number of benzene rings is 2. The zero-order chi connectivity index (χ0) is 22.1. The second-order valence-corrected chi connectivity index (χ2v) is 7.57. The number of anilines is 2. The minimum absolute atomic E-state index is 0.0538. The average Bonchev–Trinajstić information content (AvgIpc) is 2.80. The lowest BCUT2D eigenvalue weighted by Gasteiger charge is -2.37. The van der Waals surface area contributed by atoms with E-state index in [1.165, 1.54) is 5.69 Å². The van der Waals surface area contributed by atoms with Gasteiger partial charge in [-0.2, -0.15) is 0 Å². The van der Waals surface area contributed by atoms with Gasteiger partial charge in [0.1, 0.15) is 5.75 Å². The van der Waals surface area contributed by atoms with Crippen LogP contribution in [0.5, 0.6) is 5.75 Å². The zero-order valence-electron chi connectivity index (χ0n) is 18.7. The van der Waals surface area contributed by atoms with Crippen molar-refractivity contribution in [2.75, 3.05) is 50.6 Å². The number of nitrogens with one attached hydrogen (secondary N) is 2. The van der Waals surface area contributed by atoms with Gasteiger partial charge in [-0.15, -0.1) is 0 Å². The normalized spacial score (nSPS) is 14.4. The lowest BCUT2D eigenvalue weighted by molar-refractivity contribution is -0.116. The predicted molar refractivity (Wildman–Crippen MR) is 127 cm³/mol. The molecule has 2 aromatic rings. The van der Waals surface area contributed by atoms with Gasteiger partial charge in [-0.25, -0.2) is 0 Å². The summed E-state index contributed by atoms with van der Waals surface area (Å²) in [6.07, 6.45) is 1.38. The van der Waals surface area contributed by atoms with Crippen LogP contribution >= 0.6 is 0 Å². The number of piperazine rings is 1. The van der Waals surface area contributed by atoms with E-state index in [-0.39, 0.29) is 5.91 Å². The van der Waals surface area contributed by atoms with Gasteiger partial charge in [0.2, 0.25) is 5.91 Å². The summed E-state index contributed by atoms with van der Waals surface area (Å²) < 4.78 is 5.25. The van der Waals surface area contributed by atoms with E-state index in [9.17, 15) is 4.79 Å². The Hall–Kier alpha value is -3.22. The van der Waals surface area contributed by atoms with Crippen LogP contribution in [0.1, 0.15) is 25.3 Å². The van der Waals surface area contributed by atoms with Crippen molar-refractivity contribution in [1.29, 1.82) is 0 Å². The molecule has 7 heteroatoms. The number of nitrogens with zero attached hydrogens (tertiary/aromatic N) is 3. The molecule has 0 atom stereocenters. The van der Waals surface area contributed by atoms with Gasteiger partial charge in [0.25, 0.3) is 0 Å². The minimum atomic E-state index is 0.0538. The van der Waals surface area contributed by atoms with E-state index in [4.69, 9.17) is 4.74 Å². The maximum Gasteiger partial charge on any atom is 0.224 e. The molecule has 7 nitrogen and oxygen atoms in total. The quantitative estimate of drug-likeness (QED) is 0.528.